The van der Waals surface area contributed by atoms with Gasteiger partial charge in [-0.15, -0.1) is 0 Å². The summed E-state index contributed by atoms with van der Waals surface area (Å²) in [4.78, 5) is 27.4. The number of anilines is 1. The molecule has 4 aromatic rings. The topological polar surface area (TPSA) is 133 Å². The highest BCUT2D eigenvalue weighted by molar-refractivity contribution is 6.01. The first-order valence-corrected chi connectivity index (χ1v) is 14.7. The van der Waals surface area contributed by atoms with Gasteiger partial charge in [0.05, 0.1) is 16.4 Å². The lowest BCUT2D eigenvalue weighted by atomic mass is 9.94. The van der Waals surface area contributed by atoms with E-state index in [-0.39, 0.29) is 37.2 Å². The maximum absolute atomic E-state index is 16.8. The maximum Gasteiger partial charge on any atom is 0.319 e. The number of halogens is 2. The van der Waals surface area contributed by atoms with Gasteiger partial charge >= 0.3 is 6.01 Å². The van der Waals surface area contributed by atoms with Gasteiger partial charge in [-0.2, -0.15) is 9.97 Å². The van der Waals surface area contributed by atoms with Crippen LogP contribution in [0.25, 0.3) is 32.9 Å². The predicted octanol–water partition coefficient (Wildman–Crippen LogP) is 4.66. The molecule has 2 aromatic carbocycles. The molecular weight excluding hydrogens is 572 g/mol. The minimum absolute atomic E-state index is 0.0345. The van der Waals surface area contributed by atoms with Crippen molar-refractivity contribution < 1.29 is 32.9 Å². The molecule has 0 unspecified atom stereocenters. The van der Waals surface area contributed by atoms with Crippen molar-refractivity contribution >= 4 is 33.4 Å². The van der Waals surface area contributed by atoms with Gasteiger partial charge in [-0.3, -0.25) is 9.78 Å². The van der Waals surface area contributed by atoms with Crippen molar-refractivity contribution in [3.63, 3.8) is 0 Å². The Morgan fingerprint density at radius 1 is 1.16 bits per heavy atom. The third-order valence-electron chi connectivity index (χ3n) is 8.57. The van der Waals surface area contributed by atoms with E-state index < -0.39 is 28.6 Å². The molecule has 1 saturated carbocycles. The van der Waals surface area contributed by atoms with E-state index in [9.17, 15) is 9.90 Å². The number of primary amides is 1. The molecule has 1 aliphatic heterocycles. The SMILES string of the molecule is CCc1c(F)ccc2cc(OCOC)cc(-c3ncc4c(N5CCC[C@@](C)(O)C5)nc(OCC5(C(N)=O)CC5)nc4c3F)c12. The van der Waals surface area contributed by atoms with Crippen LogP contribution >= 0.6 is 0 Å². The third-order valence-corrected chi connectivity index (χ3v) is 8.57. The summed E-state index contributed by atoms with van der Waals surface area (Å²) in [6, 6.07) is 6.24. The van der Waals surface area contributed by atoms with E-state index in [1.165, 1.54) is 19.4 Å². The van der Waals surface area contributed by atoms with Crippen LogP contribution in [0.3, 0.4) is 0 Å². The molecule has 12 heteroatoms. The molecule has 2 aliphatic rings. The standard InChI is InChI=1S/C32H35F2N5O5/c1-4-20-23(33)7-6-18-12-19(44-17-42-3)13-21(24(18)20)26-25(34)27-22(14-36-26)28(39-11-5-8-31(2,41)15-39)38-30(37-27)43-16-32(9-10-32)29(35)40/h6-7,12-14,41H,4-5,8-11,15-17H2,1-3H3,(H2,35,40)/t31-/m1/s1. The van der Waals surface area contributed by atoms with Gasteiger partial charge in [0.25, 0.3) is 0 Å². The zero-order valence-corrected chi connectivity index (χ0v) is 25.0. The molecule has 2 fully saturated rings. The number of piperidine rings is 1. The third kappa shape index (κ3) is 5.48. The Balaban J connectivity index is 1.55. The summed E-state index contributed by atoms with van der Waals surface area (Å²) < 4.78 is 48.5. The number of methoxy groups -OCH3 is 1. The van der Waals surface area contributed by atoms with E-state index >= 15 is 8.78 Å². The molecule has 1 amide bonds. The number of carbonyl (C=O) groups is 1. The lowest BCUT2D eigenvalue weighted by molar-refractivity contribution is -0.124. The number of ether oxygens (including phenoxy) is 3. The molecule has 3 heterocycles. The average molecular weight is 608 g/mol. The first kappa shape index (κ1) is 29.9. The number of rotatable bonds is 10. The molecule has 1 atom stereocenters. The Morgan fingerprint density at radius 3 is 2.64 bits per heavy atom. The number of hydrogen-bond acceptors (Lipinski definition) is 9. The minimum Gasteiger partial charge on any atom is -0.468 e. The highest BCUT2D eigenvalue weighted by Crippen LogP contribution is 2.46. The molecule has 0 spiro atoms. The van der Waals surface area contributed by atoms with Crippen LogP contribution < -0.4 is 20.1 Å². The maximum atomic E-state index is 16.8. The van der Waals surface area contributed by atoms with Gasteiger partial charge < -0.3 is 30.0 Å². The number of hydrogen-bond donors (Lipinski definition) is 2. The van der Waals surface area contributed by atoms with Crippen LogP contribution in [0.4, 0.5) is 14.6 Å². The molecule has 1 saturated heterocycles. The van der Waals surface area contributed by atoms with Crippen molar-refractivity contribution in [3.05, 3.63) is 47.7 Å². The summed E-state index contributed by atoms with van der Waals surface area (Å²) in [5, 5.41) is 12.3. The zero-order chi connectivity index (χ0) is 31.2. The lowest BCUT2D eigenvalue weighted by Gasteiger charge is -2.37. The van der Waals surface area contributed by atoms with E-state index in [2.05, 4.69) is 15.0 Å². The number of aromatic nitrogens is 3. The Hall–Kier alpha value is -4.16. The smallest absolute Gasteiger partial charge is 0.319 e. The summed E-state index contributed by atoms with van der Waals surface area (Å²) >= 11 is 0. The number of nitrogens with two attached hydrogens (primary N) is 1. The summed E-state index contributed by atoms with van der Waals surface area (Å²) in [6.07, 6.45) is 4.33. The van der Waals surface area contributed by atoms with E-state index in [0.29, 0.717) is 77.5 Å². The van der Waals surface area contributed by atoms with Crippen LogP contribution in [0.15, 0.2) is 30.5 Å². The van der Waals surface area contributed by atoms with Gasteiger partial charge in [0.1, 0.15) is 35.2 Å². The van der Waals surface area contributed by atoms with E-state index in [0.717, 1.165) is 0 Å². The number of aliphatic hydroxyl groups is 1. The van der Waals surface area contributed by atoms with Gasteiger partial charge in [-0.25, -0.2) is 8.78 Å². The van der Waals surface area contributed by atoms with Crippen LogP contribution in [-0.2, 0) is 16.0 Å². The largest absolute Gasteiger partial charge is 0.468 e. The Bertz CT molecular complexity index is 1760. The fourth-order valence-corrected chi connectivity index (χ4v) is 5.96. The monoisotopic (exact) mass is 607 g/mol. The summed E-state index contributed by atoms with van der Waals surface area (Å²) in [5.74, 6) is -0.881. The molecule has 0 bridgehead atoms. The van der Waals surface area contributed by atoms with Crippen LogP contribution in [-0.4, -0.2) is 65.2 Å². The lowest BCUT2D eigenvalue weighted by Crippen LogP contribution is -2.46. The number of fused-ring (bicyclic) bond motifs is 2. The number of β-amino-alcohol motifs (C(OH)–C–C–N with tert-alkyl or cyclic N) is 1. The van der Waals surface area contributed by atoms with E-state index in [4.69, 9.17) is 19.9 Å². The predicted molar refractivity (Wildman–Crippen MR) is 161 cm³/mol. The fourth-order valence-electron chi connectivity index (χ4n) is 5.96. The van der Waals surface area contributed by atoms with Gasteiger partial charge in [0.15, 0.2) is 12.6 Å². The number of pyridine rings is 1. The molecule has 10 nitrogen and oxygen atoms in total. The van der Waals surface area contributed by atoms with Crippen molar-refractivity contribution in [2.24, 2.45) is 11.1 Å². The van der Waals surface area contributed by atoms with Gasteiger partial charge in [-0.1, -0.05) is 13.0 Å². The second-order valence-electron chi connectivity index (χ2n) is 12.0. The van der Waals surface area contributed by atoms with Gasteiger partial charge in [-0.05, 0) is 73.6 Å². The summed E-state index contributed by atoms with van der Waals surface area (Å²) in [5.41, 5.74) is 4.45. The quantitative estimate of drug-likeness (QED) is 0.247. The highest BCUT2D eigenvalue weighted by atomic mass is 19.1. The second kappa shape index (κ2) is 11.4. The van der Waals surface area contributed by atoms with Crippen LogP contribution in [0.1, 0.15) is 45.1 Å². The molecular formula is C32H35F2N5O5. The number of nitrogens with zero attached hydrogens (tertiary/aromatic N) is 4. The molecule has 0 radical (unpaired) electrons. The number of aryl methyl sites for hydroxylation is 1. The van der Waals surface area contributed by atoms with E-state index in [1.807, 2.05) is 11.8 Å². The Morgan fingerprint density at radius 2 is 1.95 bits per heavy atom. The first-order chi connectivity index (χ1) is 21.1. The average Bonchev–Trinajstić information content (AvgIpc) is 3.80. The van der Waals surface area contributed by atoms with Crippen LogP contribution in [0.2, 0.25) is 0 Å². The Kier molecular flexibility index (Phi) is 7.75. The molecule has 44 heavy (non-hydrogen) atoms. The van der Waals surface area contributed by atoms with Crippen molar-refractivity contribution in [1.29, 1.82) is 0 Å². The summed E-state index contributed by atoms with van der Waals surface area (Å²) in [6.45, 7) is 4.33. The normalized spacial score (nSPS) is 19.4. The first-order valence-electron chi connectivity index (χ1n) is 14.7. The molecule has 2 aromatic heterocycles. The number of carbonyl (C=O) groups excluding carboxylic acids is 1. The van der Waals surface area contributed by atoms with Crippen LogP contribution in [0.5, 0.6) is 11.8 Å². The van der Waals surface area contributed by atoms with E-state index in [1.54, 1.807) is 25.1 Å². The highest BCUT2D eigenvalue weighted by Gasteiger charge is 2.49. The summed E-state index contributed by atoms with van der Waals surface area (Å²) in [7, 11) is 1.49. The van der Waals surface area contributed by atoms with Gasteiger partial charge in [0.2, 0.25) is 5.91 Å². The van der Waals surface area contributed by atoms with Crippen molar-refractivity contribution in [3.8, 4) is 23.0 Å². The zero-order valence-electron chi connectivity index (χ0n) is 25.0. The molecule has 1 aliphatic carbocycles. The van der Waals surface area contributed by atoms with Crippen LogP contribution in [0, 0.1) is 17.0 Å². The van der Waals surface area contributed by atoms with Crippen molar-refractivity contribution in [2.45, 2.75) is 51.6 Å². The van der Waals surface area contributed by atoms with Crippen molar-refractivity contribution in [1.82, 2.24) is 15.0 Å². The molecule has 232 valence electrons. The second-order valence-corrected chi connectivity index (χ2v) is 12.0. The molecule has 3 N–H and O–H groups in total. The Labute approximate surface area is 253 Å². The fraction of sp³-hybridized carbons (Fsp3) is 0.438. The molecule has 6 rings (SSSR count). The van der Waals surface area contributed by atoms with Crippen molar-refractivity contribution in [2.75, 3.05) is 38.5 Å². The number of amides is 1. The van der Waals surface area contributed by atoms with Gasteiger partial charge in [0, 0.05) is 32.0 Å². The number of benzene rings is 2. The minimum atomic E-state index is -0.977.